The molecule has 0 saturated carbocycles. The molecule has 2 unspecified atom stereocenters. The molecule has 0 aliphatic carbocycles. The van der Waals surface area contributed by atoms with Gasteiger partial charge in [0, 0.05) is 18.1 Å². The second-order valence-corrected chi connectivity index (χ2v) is 7.26. The normalized spacial score (nSPS) is 19.7. The highest BCUT2D eigenvalue weighted by atomic mass is 16.6. The number of fused-ring (bicyclic) bond motifs is 1. The number of carbonyl (C=O) groups excluding carboxylic acids is 1. The van der Waals surface area contributed by atoms with Crippen molar-refractivity contribution < 1.29 is 14.3 Å². The lowest BCUT2D eigenvalue weighted by atomic mass is 9.96. The Morgan fingerprint density at radius 1 is 1.36 bits per heavy atom. The zero-order valence-corrected chi connectivity index (χ0v) is 14.9. The molecular weight excluding hydrogens is 318 g/mol. The largest absolute Gasteiger partial charge is 0.444 e. The van der Waals surface area contributed by atoms with Gasteiger partial charge in [0.05, 0.1) is 30.8 Å². The number of ether oxygens (including phenoxy) is 2. The van der Waals surface area contributed by atoms with Gasteiger partial charge in [-0.15, -0.1) is 0 Å². The number of carbonyl (C=O) groups is 1. The third-order valence-corrected chi connectivity index (χ3v) is 4.23. The summed E-state index contributed by atoms with van der Waals surface area (Å²) in [5, 5.41) is 1.02. The average Bonchev–Trinajstić information content (AvgIpc) is 2.59. The molecule has 6 heteroatoms. The number of hydrogen-bond acceptors (Lipinski definition) is 5. The van der Waals surface area contributed by atoms with Gasteiger partial charge in [-0.1, -0.05) is 24.3 Å². The van der Waals surface area contributed by atoms with Crippen LogP contribution in [-0.4, -0.2) is 47.4 Å². The fraction of sp³-hybridized carbons (Fsp3) is 0.474. The quantitative estimate of drug-likeness (QED) is 0.907. The predicted molar refractivity (Wildman–Crippen MR) is 96.2 cm³/mol. The van der Waals surface area contributed by atoms with Crippen molar-refractivity contribution in [3.63, 3.8) is 0 Å². The van der Waals surface area contributed by atoms with Gasteiger partial charge in [0.15, 0.2) is 0 Å². The number of pyridine rings is 1. The number of para-hydroxylation sites is 1. The number of benzene rings is 1. The van der Waals surface area contributed by atoms with Crippen LogP contribution in [0.1, 0.15) is 32.4 Å². The molecule has 0 spiro atoms. The second kappa shape index (κ2) is 6.98. The highest BCUT2D eigenvalue weighted by Gasteiger charge is 2.35. The summed E-state index contributed by atoms with van der Waals surface area (Å²) in [6.45, 7) is 6.89. The van der Waals surface area contributed by atoms with Crippen LogP contribution in [0.25, 0.3) is 10.9 Å². The van der Waals surface area contributed by atoms with E-state index in [9.17, 15) is 4.79 Å². The first kappa shape index (κ1) is 17.6. The predicted octanol–water partition coefficient (Wildman–Crippen LogP) is 2.87. The highest BCUT2D eigenvalue weighted by molar-refractivity contribution is 5.82. The lowest BCUT2D eigenvalue weighted by Gasteiger charge is -2.39. The summed E-state index contributed by atoms with van der Waals surface area (Å²) in [7, 11) is 0. The molecule has 2 N–H and O–H groups in total. The molecule has 6 nitrogen and oxygen atoms in total. The molecule has 3 rings (SSSR count). The second-order valence-electron chi connectivity index (χ2n) is 7.26. The van der Waals surface area contributed by atoms with E-state index in [1.165, 1.54) is 0 Å². The zero-order valence-electron chi connectivity index (χ0n) is 14.9. The Morgan fingerprint density at radius 2 is 2.12 bits per heavy atom. The molecule has 134 valence electrons. The number of amides is 1. The summed E-state index contributed by atoms with van der Waals surface area (Å²) in [6, 6.07) is 9.11. The molecule has 0 bridgehead atoms. The van der Waals surface area contributed by atoms with E-state index in [0.29, 0.717) is 19.8 Å². The molecule has 1 aromatic heterocycles. The van der Waals surface area contributed by atoms with Crippen LogP contribution in [0.5, 0.6) is 0 Å². The van der Waals surface area contributed by atoms with Crippen LogP contribution in [0.15, 0.2) is 36.5 Å². The van der Waals surface area contributed by atoms with E-state index in [1.54, 1.807) is 11.1 Å². The third-order valence-electron chi connectivity index (χ3n) is 4.23. The maximum absolute atomic E-state index is 12.6. The van der Waals surface area contributed by atoms with Gasteiger partial charge in [0.25, 0.3) is 0 Å². The van der Waals surface area contributed by atoms with E-state index in [-0.39, 0.29) is 12.1 Å². The van der Waals surface area contributed by atoms with Crippen molar-refractivity contribution in [2.24, 2.45) is 5.73 Å². The molecule has 1 aromatic carbocycles. The molecule has 1 amide bonds. The van der Waals surface area contributed by atoms with Gasteiger partial charge >= 0.3 is 6.09 Å². The number of rotatable bonds is 2. The molecule has 2 heterocycles. The van der Waals surface area contributed by atoms with Gasteiger partial charge in [0.2, 0.25) is 0 Å². The van der Waals surface area contributed by atoms with Gasteiger partial charge in [-0.2, -0.15) is 0 Å². The average molecular weight is 343 g/mol. The van der Waals surface area contributed by atoms with Crippen molar-refractivity contribution in [1.29, 1.82) is 0 Å². The number of nitrogens with two attached hydrogens (primary N) is 1. The molecule has 0 radical (unpaired) electrons. The molecular formula is C19H25N3O3. The maximum Gasteiger partial charge on any atom is 0.410 e. The van der Waals surface area contributed by atoms with Crippen LogP contribution in [0, 0.1) is 0 Å². The van der Waals surface area contributed by atoms with Crippen molar-refractivity contribution in [3.05, 3.63) is 42.1 Å². The van der Waals surface area contributed by atoms with Crippen LogP contribution in [0.3, 0.4) is 0 Å². The first-order chi connectivity index (χ1) is 11.9. The highest BCUT2D eigenvalue weighted by Crippen LogP contribution is 2.28. The Labute approximate surface area is 147 Å². The molecule has 2 aromatic rings. The summed E-state index contributed by atoms with van der Waals surface area (Å²) >= 11 is 0. The Balaban J connectivity index is 1.90. The van der Waals surface area contributed by atoms with Crippen molar-refractivity contribution in [2.45, 2.75) is 38.5 Å². The lowest BCUT2D eigenvalue weighted by molar-refractivity contribution is -0.0381. The van der Waals surface area contributed by atoms with Crippen molar-refractivity contribution in [3.8, 4) is 0 Å². The van der Waals surface area contributed by atoms with Crippen LogP contribution < -0.4 is 5.73 Å². The fourth-order valence-electron chi connectivity index (χ4n) is 3.07. The van der Waals surface area contributed by atoms with E-state index in [0.717, 1.165) is 16.5 Å². The number of aromatic nitrogens is 1. The van der Waals surface area contributed by atoms with Crippen LogP contribution in [-0.2, 0) is 9.47 Å². The Hall–Kier alpha value is -2.18. The molecule has 1 aliphatic rings. The smallest absolute Gasteiger partial charge is 0.410 e. The van der Waals surface area contributed by atoms with Crippen molar-refractivity contribution in [2.75, 3.05) is 19.8 Å². The van der Waals surface area contributed by atoms with Crippen LogP contribution in [0.4, 0.5) is 4.79 Å². The fourth-order valence-corrected chi connectivity index (χ4v) is 3.07. The standard InChI is InChI=1S/C19H25N3O3/c1-19(2,3)25-18(23)22-10-11-24-12-15(22)16(20)14-8-4-6-13-7-5-9-21-17(13)14/h4-9,15-16H,10-12,20H2,1-3H3. The molecule has 1 saturated heterocycles. The number of nitrogens with zero attached hydrogens (tertiary/aromatic N) is 2. The van der Waals surface area contributed by atoms with Gasteiger partial charge in [-0.3, -0.25) is 9.88 Å². The van der Waals surface area contributed by atoms with Crippen molar-refractivity contribution >= 4 is 17.0 Å². The Morgan fingerprint density at radius 3 is 2.88 bits per heavy atom. The van der Waals surface area contributed by atoms with E-state index >= 15 is 0 Å². The zero-order chi connectivity index (χ0) is 18.0. The summed E-state index contributed by atoms with van der Waals surface area (Å²) < 4.78 is 11.1. The van der Waals surface area contributed by atoms with Gasteiger partial charge in [-0.25, -0.2) is 4.79 Å². The minimum absolute atomic E-state index is 0.295. The Bertz CT molecular complexity index is 752. The SMILES string of the molecule is CC(C)(C)OC(=O)N1CCOCC1C(N)c1cccc2cccnc12. The number of morpholine rings is 1. The molecule has 2 atom stereocenters. The Kier molecular flexibility index (Phi) is 4.92. The summed E-state index contributed by atoms with van der Waals surface area (Å²) in [6.07, 6.45) is 1.39. The first-order valence-electron chi connectivity index (χ1n) is 8.53. The minimum atomic E-state index is -0.551. The summed E-state index contributed by atoms with van der Waals surface area (Å²) in [4.78, 5) is 18.8. The van der Waals surface area contributed by atoms with Crippen molar-refractivity contribution in [1.82, 2.24) is 9.88 Å². The van der Waals surface area contributed by atoms with Gasteiger partial charge in [-0.05, 0) is 32.4 Å². The minimum Gasteiger partial charge on any atom is -0.444 e. The monoisotopic (exact) mass is 343 g/mol. The molecule has 25 heavy (non-hydrogen) atoms. The van der Waals surface area contributed by atoms with E-state index in [1.807, 2.05) is 51.1 Å². The van der Waals surface area contributed by atoms with Crippen LogP contribution >= 0.6 is 0 Å². The van der Waals surface area contributed by atoms with Gasteiger partial charge in [0.1, 0.15) is 5.60 Å². The molecule has 1 aliphatic heterocycles. The van der Waals surface area contributed by atoms with E-state index in [2.05, 4.69) is 4.98 Å². The van der Waals surface area contributed by atoms with Gasteiger partial charge < -0.3 is 15.2 Å². The third kappa shape index (κ3) is 3.91. The summed E-state index contributed by atoms with van der Waals surface area (Å²) in [5.74, 6) is 0. The van der Waals surface area contributed by atoms with E-state index < -0.39 is 11.6 Å². The molecule has 1 fully saturated rings. The lowest BCUT2D eigenvalue weighted by Crippen LogP contribution is -2.54. The van der Waals surface area contributed by atoms with E-state index in [4.69, 9.17) is 15.2 Å². The van der Waals surface area contributed by atoms with Crippen LogP contribution in [0.2, 0.25) is 0 Å². The maximum atomic E-state index is 12.6. The first-order valence-corrected chi connectivity index (χ1v) is 8.53. The summed E-state index contributed by atoms with van der Waals surface area (Å²) in [5.41, 5.74) is 7.77. The number of hydrogen-bond donors (Lipinski definition) is 1. The topological polar surface area (TPSA) is 77.7 Å².